The number of hydrogen-bond acceptors (Lipinski definition) is 3. The van der Waals surface area contributed by atoms with Crippen molar-refractivity contribution >= 4 is 23.3 Å². The van der Waals surface area contributed by atoms with Crippen molar-refractivity contribution in [2.75, 3.05) is 16.8 Å². The average molecular weight is 535 g/mol. The van der Waals surface area contributed by atoms with Gasteiger partial charge in [0.05, 0.1) is 23.4 Å². The summed E-state index contributed by atoms with van der Waals surface area (Å²) in [5.41, 5.74) is 2.47. The van der Waals surface area contributed by atoms with E-state index < -0.39 is 17.6 Å². The van der Waals surface area contributed by atoms with Crippen molar-refractivity contribution in [3.63, 3.8) is 0 Å². The van der Waals surface area contributed by atoms with E-state index in [2.05, 4.69) is 24.1 Å². The second kappa shape index (κ2) is 12.4. The number of nitrogens with zero attached hydrogens (tertiary/aromatic N) is 1. The Bertz CT molecular complexity index is 1350. The highest BCUT2D eigenvalue weighted by atomic mass is 19.1. The van der Waals surface area contributed by atoms with E-state index in [9.17, 15) is 19.1 Å². The van der Waals surface area contributed by atoms with Crippen molar-refractivity contribution in [2.24, 2.45) is 5.92 Å². The number of aryl methyl sites for hydroxylation is 1. The van der Waals surface area contributed by atoms with Gasteiger partial charge in [-0.1, -0.05) is 62.9 Å². The minimum Gasteiger partial charge on any atom is -0.478 e. The summed E-state index contributed by atoms with van der Waals surface area (Å²) in [4.78, 5) is 27.3. The van der Waals surface area contributed by atoms with Crippen LogP contribution in [0.5, 0.6) is 0 Å². The quantitative estimate of drug-likeness (QED) is 0.296. The Morgan fingerprint density at radius 3 is 2.41 bits per heavy atom. The highest BCUT2D eigenvalue weighted by molar-refractivity contribution is 5.99. The summed E-state index contributed by atoms with van der Waals surface area (Å²) >= 11 is 0. The molecule has 0 aliphatic heterocycles. The van der Waals surface area contributed by atoms with E-state index in [0.717, 1.165) is 61.4 Å². The molecule has 0 radical (unpaired) electrons. The maximum atomic E-state index is 15.8. The monoisotopic (exact) mass is 534 g/mol. The number of amides is 1. The minimum absolute atomic E-state index is 0.0744. The third-order valence-corrected chi connectivity index (χ3v) is 7.20. The van der Waals surface area contributed by atoms with Gasteiger partial charge in [-0.25, -0.2) is 13.6 Å². The summed E-state index contributed by atoms with van der Waals surface area (Å²) in [6.45, 7) is 6.83. The van der Waals surface area contributed by atoms with Gasteiger partial charge in [-0.15, -0.1) is 0 Å². The minimum atomic E-state index is -1.29. The van der Waals surface area contributed by atoms with E-state index in [4.69, 9.17) is 0 Å². The van der Waals surface area contributed by atoms with Crippen LogP contribution in [0.25, 0.3) is 11.1 Å². The topological polar surface area (TPSA) is 69.6 Å². The number of halogens is 2. The number of carbonyl (C=O) groups excluding carboxylic acids is 1. The first-order valence-corrected chi connectivity index (χ1v) is 13.6. The van der Waals surface area contributed by atoms with Crippen molar-refractivity contribution in [3.05, 3.63) is 82.9 Å². The van der Waals surface area contributed by atoms with Crippen LogP contribution in [-0.2, 0) is 11.2 Å². The van der Waals surface area contributed by atoms with Gasteiger partial charge in [-0.3, -0.25) is 4.79 Å². The summed E-state index contributed by atoms with van der Waals surface area (Å²) in [6.07, 6.45) is 5.40. The van der Waals surface area contributed by atoms with Crippen molar-refractivity contribution in [3.8, 4) is 11.1 Å². The van der Waals surface area contributed by atoms with Crippen LogP contribution in [0.1, 0.15) is 67.4 Å². The smallest absolute Gasteiger partial charge is 0.336 e. The Kier molecular flexibility index (Phi) is 9.00. The molecule has 2 N–H and O–H groups in total. The van der Waals surface area contributed by atoms with Crippen LogP contribution < -0.4 is 10.2 Å². The summed E-state index contributed by atoms with van der Waals surface area (Å²) in [7, 11) is 0. The molecule has 3 aromatic rings. The first-order valence-electron chi connectivity index (χ1n) is 13.6. The summed E-state index contributed by atoms with van der Waals surface area (Å²) in [5.74, 6) is -2.62. The Morgan fingerprint density at radius 2 is 1.74 bits per heavy atom. The van der Waals surface area contributed by atoms with Gasteiger partial charge in [-0.2, -0.15) is 0 Å². The second-order valence-electron chi connectivity index (χ2n) is 10.9. The molecular weight excluding hydrogens is 498 g/mol. The molecule has 206 valence electrons. The highest BCUT2D eigenvalue weighted by Gasteiger charge is 2.27. The lowest BCUT2D eigenvalue weighted by Gasteiger charge is -2.38. The fourth-order valence-corrected chi connectivity index (χ4v) is 5.46. The normalized spacial score (nSPS) is 13.9. The van der Waals surface area contributed by atoms with Crippen LogP contribution in [0.3, 0.4) is 0 Å². The van der Waals surface area contributed by atoms with Crippen LogP contribution in [0.15, 0.2) is 54.6 Å². The number of hydrogen-bond donors (Lipinski definition) is 2. The van der Waals surface area contributed by atoms with E-state index in [1.807, 2.05) is 31.2 Å². The van der Waals surface area contributed by atoms with Gasteiger partial charge < -0.3 is 15.3 Å². The largest absolute Gasteiger partial charge is 0.478 e. The van der Waals surface area contributed by atoms with Gasteiger partial charge in [0.15, 0.2) is 0 Å². The first kappa shape index (κ1) is 28.3. The van der Waals surface area contributed by atoms with Crippen molar-refractivity contribution in [2.45, 2.75) is 65.3 Å². The third kappa shape index (κ3) is 7.02. The molecule has 1 aliphatic carbocycles. The highest BCUT2D eigenvalue weighted by Crippen LogP contribution is 2.39. The number of anilines is 2. The molecule has 7 heteroatoms. The van der Waals surface area contributed by atoms with Crippen LogP contribution in [0.2, 0.25) is 0 Å². The summed E-state index contributed by atoms with van der Waals surface area (Å²) < 4.78 is 30.0. The van der Waals surface area contributed by atoms with Crippen LogP contribution >= 0.6 is 0 Å². The Balaban J connectivity index is 1.82. The first-order chi connectivity index (χ1) is 18.6. The molecular formula is C32H36F2N2O3. The molecule has 0 unspecified atom stereocenters. The Labute approximate surface area is 228 Å². The maximum Gasteiger partial charge on any atom is 0.336 e. The molecule has 0 bridgehead atoms. The molecule has 0 heterocycles. The predicted molar refractivity (Wildman–Crippen MR) is 151 cm³/mol. The SMILES string of the molecule is Cc1cccc(CC(=O)Nc2cc(-c3cc(F)ccc3C(=O)O)c(F)cc2N(CC(C)C)C2CCCCC2)c1. The molecule has 5 nitrogen and oxygen atoms in total. The molecule has 3 aromatic carbocycles. The third-order valence-electron chi connectivity index (χ3n) is 7.20. The fraction of sp³-hybridized carbons (Fsp3) is 0.375. The van der Waals surface area contributed by atoms with Gasteiger partial charge in [-0.05, 0) is 61.6 Å². The molecule has 1 fully saturated rings. The lowest BCUT2D eigenvalue weighted by molar-refractivity contribution is -0.115. The standard InChI is InChI=1S/C32H36F2N2O3/c1-20(2)19-36(24-10-5-4-6-11-24)30-18-28(34)27(26-16-23(33)12-13-25(26)32(38)39)17-29(30)35-31(37)15-22-9-7-8-21(3)14-22/h7-9,12-14,16-18,20,24H,4-6,10-11,15,19H2,1-3H3,(H,35,37)(H,38,39). The van der Waals surface area contributed by atoms with Gasteiger partial charge >= 0.3 is 5.97 Å². The lowest BCUT2D eigenvalue weighted by Crippen LogP contribution is -2.40. The van der Waals surface area contributed by atoms with E-state index in [1.165, 1.54) is 12.1 Å². The summed E-state index contributed by atoms with van der Waals surface area (Å²) in [6, 6.07) is 13.9. The van der Waals surface area contributed by atoms with Crippen LogP contribution in [0.4, 0.5) is 20.2 Å². The lowest BCUT2D eigenvalue weighted by atomic mass is 9.92. The maximum absolute atomic E-state index is 15.8. The zero-order valence-electron chi connectivity index (χ0n) is 22.8. The second-order valence-corrected chi connectivity index (χ2v) is 10.9. The predicted octanol–water partition coefficient (Wildman–Crippen LogP) is 7.61. The van der Waals surface area contributed by atoms with Gasteiger partial charge in [0.1, 0.15) is 11.6 Å². The van der Waals surface area contributed by atoms with Crippen LogP contribution in [0, 0.1) is 24.5 Å². The van der Waals surface area contributed by atoms with Gasteiger partial charge in [0.2, 0.25) is 5.91 Å². The summed E-state index contributed by atoms with van der Waals surface area (Å²) in [5, 5.41) is 12.7. The Morgan fingerprint density at radius 1 is 1.00 bits per heavy atom. The number of rotatable bonds is 9. The number of aromatic carboxylic acids is 1. The Hall–Kier alpha value is -3.74. The van der Waals surface area contributed by atoms with E-state index in [0.29, 0.717) is 17.9 Å². The zero-order chi connectivity index (χ0) is 28.1. The van der Waals surface area contributed by atoms with Crippen molar-refractivity contribution in [1.82, 2.24) is 0 Å². The van der Waals surface area contributed by atoms with E-state index in [-0.39, 0.29) is 41.0 Å². The molecule has 0 aromatic heterocycles. The molecule has 1 aliphatic rings. The van der Waals surface area contributed by atoms with Crippen molar-refractivity contribution < 1.29 is 23.5 Å². The van der Waals surface area contributed by atoms with Crippen LogP contribution in [-0.4, -0.2) is 29.6 Å². The molecule has 0 spiro atoms. The van der Waals surface area contributed by atoms with Gasteiger partial charge in [0, 0.05) is 23.7 Å². The van der Waals surface area contributed by atoms with Crippen molar-refractivity contribution in [1.29, 1.82) is 0 Å². The number of carboxylic acids is 1. The molecule has 0 atom stereocenters. The van der Waals surface area contributed by atoms with Gasteiger partial charge in [0.25, 0.3) is 0 Å². The molecule has 1 saturated carbocycles. The average Bonchev–Trinajstić information content (AvgIpc) is 2.88. The molecule has 0 saturated heterocycles. The van der Waals surface area contributed by atoms with E-state index in [1.54, 1.807) is 0 Å². The molecule has 4 rings (SSSR count). The molecule has 1 amide bonds. The van der Waals surface area contributed by atoms with E-state index >= 15 is 4.39 Å². The number of nitrogens with one attached hydrogen (secondary N) is 1. The molecule has 39 heavy (non-hydrogen) atoms. The number of benzene rings is 3. The fourth-order valence-electron chi connectivity index (χ4n) is 5.46. The number of carboxylic acid groups (broad SMARTS) is 1. The number of carbonyl (C=O) groups is 2. The zero-order valence-corrected chi connectivity index (χ0v) is 22.8.